The molecule has 0 aliphatic rings. The molecule has 0 bridgehead atoms. The number of carbonyl (C=O) groups is 1. The van der Waals surface area contributed by atoms with E-state index in [2.05, 4.69) is 5.32 Å². The maximum Gasteiger partial charge on any atom is 0.237 e. The third kappa shape index (κ3) is 5.56. The van der Waals surface area contributed by atoms with Gasteiger partial charge in [0.15, 0.2) is 11.5 Å². The summed E-state index contributed by atoms with van der Waals surface area (Å²) >= 11 is 0. The van der Waals surface area contributed by atoms with Gasteiger partial charge >= 0.3 is 0 Å². The van der Waals surface area contributed by atoms with Gasteiger partial charge in [-0.05, 0) is 43.4 Å². The first-order valence-corrected chi connectivity index (χ1v) is 7.82. The number of methoxy groups -OCH3 is 1. The topological polar surface area (TPSA) is 73.6 Å². The third-order valence-electron chi connectivity index (χ3n) is 3.49. The molecule has 0 aliphatic heterocycles. The molecule has 0 saturated heterocycles. The molecule has 0 aromatic heterocycles. The molecule has 5 heteroatoms. The van der Waals surface area contributed by atoms with Crippen LogP contribution in [0.1, 0.15) is 32.8 Å². The van der Waals surface area contributed by atoms with Crippen molar-refractivity contribution >= 4 is 5.91 Å². The summed E-state index contributed by atoms with van der Waals surface area (Å²) in [5.41, 5.74) is 6.95. The van der Waals surface area contributed by atoms with Gasteiger partial charge in [-0.2, -0.15) is 0 Å². The molecule has 0 unspecified atom stereocenters. The van der Waals surface area contributed by atoms with E-state index in [0.717, 1.165) is 29.9 Å². The number of benzene rings is 1. The second-order valence-corrected chi connectivity index (χ2v) is 5.58. The van der Waals surface area contributed by atoms with Crippen LogP contribution in [-0.4, -0.2) is 32.2 Å². The summed E-state index contributed by atoms with van der Waals surface area (Å²) in [4.78, 5) is 11.7. The van der Waals surface area contributed by atoms with Crippen LogP contribution in [0.25, 0.3) is 0 Å². The first-order valence-electron chi connectivity index (χ1n) is 7.82. The van der Waals surface area contributed by atoms with E-state index in [1.54, 1.807) is 7.11 Å². The highest BCUT2D eigenvalue weighted by Gasteiger charge is 2.16. The van der Waals surface area contributed by atoms with Crippen LogP contribution in [0, 0.1) is 5.92 Å². The zero-order valence-corrected chi connectivity index (χ0v) is 14.0. The fraction of sp³-hybridized carbons (Fsp3) is 0.588. The van der Waals surface area contributed by atoms with Gasteiger partial charge in [0.25, 0.3) is 0 Å². The molecule has 1 aromatic carbocycles. The van der Waals surface area contributed by atoms with Crippen molar-refractivity contribution in [1.29, 1.82) is 0 Å². The monoisotopic (exact) mass is 308 g/mol. The average molecular weight is 308 g/mol. The number of nitrogens with one attached hydrogen (secondary N) is 1. The van der Waals surface area contributed by atoms with Crippen molar-refractivity contribution in [1.82, 2.24) is 5.32 Å². The standard InChI is InChI=1S/C17H28N2O3/c1-5-22-15-11-13(8-9-14(15)21-4)7-6-10-19-17(20)16(18)12(2)3/h8-9,11-12,16H,5-7,10,18H2,1-4H3,(H,19,20)/t16-/m0/s1. The van der Waals surface area contributed by atoms with E-state index in [9.17, 15) is 4.79 Å². The van der Waals surface area contributed by atoms with Gasteiger partial charge in [0.05, 0.1) is 19.8 Å². The van der Waals surface area contributed by atoms with Crippen LogP contribution in [0.3, 0.4) is 0 Å². The number of rotatable bonds is 9. The number of nitrogens with two attached hydrogens (primary N) is 1. The minimum atomic E-state index is -0.439. The van der Waals surface area contributed by atoms with Crippen LogP contribution in [0.15, 0.2) is 18.2 Å². The van der Waals surface area contributed by atoms with Gasteiger partial charge in [0, 0.05) is 6.54 Å². The van der Waals surface area contributed by atoms with E-state index in [0.29, 0.717) is 13.2 Å². The van der Waals surface area contributed by atoms with Gasteiger partial charge in [0.2, 0.25) is 5.91 Å². The van der Waals surface area contributed by atoms with Crippen LogP contribution in [-0.2, 0) is 11.2 Å². The highest BCUT2D eigenvalue weighted by atomic mass is 16.5. The van der Waals surface area contributed by atoms with Crippen LogP contribution < -0.4 is 20.5 Å². The quantitative estimate of drug-likeness (QED) is 0.685. The largest absolute Gasteiger partial charge is 0.493 e. The van der Waals surface area contributed by atoms with Crippen molar-refractivity contribution in [2.75, 3.05) is 20.3 Å². The molecular formula is C17H28N2O3. The maximum absolute atomic E-state index is 11.7. The van der Waals surface area contributed by atoms with Gasteiger partial charge in [0.1, 0.15) is 0 Å². The Hall–Kier alpha value is -1.75. The molecule has 0 radical (unpaired) electrons. The van der Waals surface area contributed by atoms with Gasteiger partial charge in [-0.1, -0.05) is 19.9 Å². The van der Waals surface area contributed by atoms with E-state index in [1.807, 2.05) is 39.0 Å². The lowest BCUT2D eigenvalue weighted by Gasteiger charge is -2.15. The average Bonchev–Trinajstić information content (AvgIpc) is 2.51. The van der Waals surface area contributed by atoms with Crippen LogP contribution >= 0.6 is 0 Å². The van der Waals surface area contributed by atoms with Gasteiger partial charge in [-0.25, -0.2) is 0 Å². The summed E-state index contributed by atoms with van der Waals surface area (Å²) < 4.78 is 10.8. The minimum absolute atomic E-state index is 0.0836. The van der Waals surface area contributed by atoms with Crippen molar-refractivity contribution in [3.63, 3.8) is 0 Å². The number of hydrogen-bond donors (Lipinski definition) is 2. The van der Waals surface area contributed by atoms with Crippen LogP contribution in [0.4, 0.5) is 0 Å². The lowest BCUT2D eigenvalue weighted by Crippen LogP contribution is -2.44. The van der Waals surface area contributed by atoms with Gasteiger partial charge in [-0.3, -0.25) is 4.79 Å². The Kier molecular flexibility index (Phi) is 7.74. The Morgan fingerprint density at radius 3 is 2.64 bits per heavy atom. The first kappa shape index (κ1) is 18.3. The normalized spacial score (nSPS) is 12.1. The van der Waals surface area contributed by atoms with Gasteiger partial charge < -0.3 is 20.5 Å². The molecule has 1 aromatic rings. The van der Waals surface area contributed by atoms with E-state index in [1.165, 1.54) is 0 Å². The molecule has 0 heterocycles. The molecule has 124 valence electrons. The van der Waals surface area contributed by atoms with Crippen molar-refractivity contribution in [2.24, 2.45) is 11.7 Å². The molecule has 0 fully saturated rings. The second kappa shape index (κ2) is 9.30. The SMILES string of the molecule is CCOc1cc(CCCNC(=O)[C@@H](N)C(C)C)ccc1OC. The smallest absolute Gasteiger partial charge is 0.237 e. The minimum Gasteiger partial charge on any atom is -0.493 e. The molecule has 22 heavy (non-hydrogen) atoms. The Balaban J connectivity index is 2.45. The fourth-order valence-electron chi connectivity index (χ4n) is 2.07. The Morgan fingerprint density at radius 1 is 1.32 bits per heavy atom. The van der Waals surface area contributed by atoms with Crippen molar-refractivity contribution < 1.29 is 14.3 Å². The summed E-state index contributed by atoms with van der Waals surface area (Å²) in [6.07, 6.45) is 1.72. The third-order valence-corrected chi connectivity index (χ3v) is 3.49. The molecule has 0 aliphatic carbocycles. The number of ether oxygens (including phenoxy) is 2. The van der Waals surface area contributed by atoms with Gasteiger partial charge in [-0.15, -0.1) is 0 Å². The lowest BCUT2D eigenvalue weighted by molar-refractivity contribution is -0.123. The van der Waals surface area contributed by atoms with E-state index < -0.39 is 6.04 Å². The lowest BCUT2D eigenvalue weighted by atomic mass is 10.0. The molecule has 0 saturated carbocycles. The molecular weight excluding hydrogens is 280 g/mol. The Labute approximate surface area is 133 Å². The van der Waals surface area contributed by atoms with Crippen molar-refractivity contribution in [3.8, 4) is 11.5 Å². The molecule has 0 spiro atoms. The summed E-state index contributed by atoms with van der Waals surface area (Å²) in [5, 5.41) is 2.88. The second-order valence-electron chi connectivity index (χ2n) is 5.58. The number of hydrogen-bond acceptors (Lipinski definition) is 4. The van der Waals surface area contributed by atoms with Crippen molar-refractivity contribution in [2.45, 2.75) is 39.7 Å². The van der Waals surface area contributed by atoms with Crippen molar-refractivity contribution in [3.05, 3.63) is 23.8 Å². The zero-order chi connectivity index (χ0) is 16.5. The predicted octanol–water partition coefficient (Wildman–Crippen LogP) is 2.13. The summed E-state index contributed by atoms with van der Waals surface area (Å²) in [7, 11) is 1.63. The molecule has 1 atom stereocenters. The highest BCUT2D eigenvalue weighted by Crippen LogP contribution is 2.28. The summed E-state index contributed by atoms with van der Waals surface area (Å²) in [5.74, 6) is 1.56. The molecule has 1 amide bonds. The van der Waals surface area contributed by atoms with Crippen LogP contribution in [0.2, 0.25) is 0 Å². The Morgan fingerprint density at radius 2 is 2.05 bits per heavy atom. The summed E-state index contributed by atoms with van der Waals surface area (Å²) in [6, 6.07) is 5.48. The number of carbonyl (C=O) groups excluding carboxylic acids is 1. The first-order chi connectivity index (χ1) is 10.5. The molecule has 3 N–H and O–H groups in total. The number of amides is 1. The van der Waals surface area contributed by atoms with E-state index in [-0.39, 0.29) is 11.8 Å². The number of aryl methyl sites for hydroxylation is 1. The molecule has 1 rings (SSSR count). The highest BCUT2D eigenvalue weighted by molar-refractivity contribution is 5.81. The molecule has 5 nitrogen and oxygen atoms in total. The Bertz CT molecular complexity index is 475. The zero-order valence-electron chi connectivity index (χ0n) is 14.0. The van der Waals surface area contributed by atoms with Crippen LogP contribution in [0.5, 0.6) is 11.5 Å². The maximum atomic E-state index is 11.7. The van der Waals surface area contributed by atoms with E-state index in [4.69, 9.17) is 15.2 Å². The summed E-state index contributed by atoms with van der Waals surface area (Å²) in [6.45, 7) is 7.05. The van der Waals surface area contributed by atoms with E-state index >= 15 is 0 Å². The fourth-order valence-corrected chi connectivity index (χ4v) is 2.07. The predicted molar refractivity (Wildman–Crippen MR) is 88.3 cm³/mol.